The van der Waals surface area contributed by atoms with E-state index in [-0.39, 0.29) is 6.61 Å². The first kappa shape index (κ1) is 12.8. The Morgan fingerprint density at radius 1 is 1.40 bits per heavy atom. The summed E-state index contributed by atoms with van der Waals surface area (Å²) in [5, 5.41) is 18.7. The predicted molar refractivity (Wildman–Crippen MR) is 47.2 cm³/mol. The normalized spacial score (nSPS) is 37.9. The number of aliphatic hydroxyl groups excluding tert-OH is 2. The van der Waals surface area contributed by atoms with E-state index in [9.17, 15) is 18.6 Å². The Labute approximate surface area is 86.6 Å². The Morgan fingerprint density at radius 2 is 2.00 bits per heavy atom. The van der Waals surface area contributed by atoms with E-state index >= 15 is 0 Å². The molecule has 1 rings (SSSR count). The molecule has 0 aliphatic carbocycles. The zero-order valence-corrected chi connectivity index (χ0v) is 8.50. The lowest BCUT2D eigenvalue weighted by Gasteiger charge is -2.35. The molecule has 1 heterocycles. The van der Waals surface area contributed by atoms with Crippen molar-refractivity contribution in [2.45, 2.75) is 24.4 Å². The highest BCUT2D eigenvalue weighted by Crippen LogP contribution is 2.15. The van der Waals surface area contributed by atoms with Crippen LogP contribution in [0.1, 0.15) is 0 Å². The van der Waals surface area contributed by atoms with Crippen molar-refractivity contribution in [3.63, 3.8) is 0 Å². The summed E-state index contributed by atoms with van der Waals surface area (Å²) in [5.41, 5.74) is 5.37. The highest BCUT2D eigenvalue weighted by molar-refractivity contribution is 7.80. The van der Waals surface area contributed by atoms with Gasteiger partial charge >= 0.3 is 10.4 Å². The standard InChI is InChI=1S/C6H13NO7S/c7-3-1-13-4(6(9)5(3)8)2-14-15(10,11)12/h3-6,8-9H,1-2,7H2,(H,10,11,12)/t3-,4?,5?,6-/m1/s1. The van der Waals surface area contributed by atoms with Crippen molar-refractivity contribution in [1.29, 1.82) is 0 Å². The molecule has 2 unspecified atom stereocenters. The molecule has 90 valence electrons. The fraction of sp³-hybridized carbons (Fsp3) is 1.00. The lowest BCUT2D eigenvalue weighted by Crippen LogP contribution is -2.57. The van der Waals surface area contributed by atoms with E-state index in [0.717, 1.165) is 0 Å². The van der Waals surface area contributed by atoms with Crippen molar-refractivity contribution in [3.8, 4) is 0 Å². The molecule has 0 aromatic carbocycles. The summed E-state index contributed by atoms with van der Waals surface area (Å²) in [7, 11) is -4.58. The van der Waals surface area contributed by atoms with E-state index < -0.39 is 41.4 Å². The minimum absolute atomic E-state index is 0.0300. The highest BCUT2D eigenvalue weighted by Gasteiger charge is 2.37. The molecular formula is C6H13NO7S. The molecule has 0 spiro atoms. The Kier molecular flexibility index (Phi) is 4.00. The minimum atomic E-state index is -4.58. The van der Waals surface area contributed by atoms with Gasteiger partial charge in [-0.05, 0) is 0 Å². The van der Waals surface area contributed by atoms with Crippen LogP contribution in [0.3, 0.4) is 0 Å². The SMILES string of the molecule is N[C@@H]1COC(COS(=O)(=O)O)[C@@H](O)C1O. The molecular weight excluding hydrogens is 230 g/mol. The number of rotatable bonds is 3. The highest BCUT2D eigenvalue weighted by atomic mass is 32.3. The van der Waals surface area contributed by atoms with Gasteiger partial charge in [0, 0.05) is 0 Å². The summed E-state index contributed by atoms with van der Waals surface area (Å²) in [6, 6.07) is -0.734. The molecule has 1 fully saturated rings. The van der Waals surface area contributed by atoms with Gasteiger partial charge in [0.2, 0.25) is 0 Å². The van der Waals surface area contributed by atoms with Gasteiger partial charge in [-0.2, -0.15) is 8.42 Å². The molecule has 0 aromatic heterocycles. The van der Waals surface area contributed by atoms with Crippen molar-refractivity contribution in [2.75, 3.05) is 13.2 Å². The molecule has 5 N–H and O–H groups in total. The van der Waals surface area contributed by atoms with Gasteiger partial charge in [-0.15, -0.1) is 0 Å². The minimum Gasteiger partial charge on any atom is -0.389 e. The van der Waals surface area contributed by atoms with Gasteiger partial charge in [-0.1, -0.05) is 0 Å². The van der Waals surface area contributed by atoms with Crippen molar-refractivity contribution >= 4 is 10.4 Å². The molecule has 9 heteroatoms. The van der Waals surface area contributed by atoms with Crippen LogP contribution in [0.4, 0.5) is 0 Å². The Bertz CT molecular complexity index is 305. The smallest absolute Gasteiger partial charge is 0.389 e. The third-order valence-electron chi connectivity index (χ3n) is 2.05. The van der Waals surface area contributed by atoms with Crippen LogP contribution >= 0.6 is 0 Å². The number of ether oxygens (including phenoxy) is 1. The van der Waals surface area contributed by atoms with E-state index in [1.165, 1.54) is 0 Å². The lowest BCUT2D eigenvalue weighted by molar-refractivity contribution is -0.153. The van der Waals surface area contributed by atoms with Crippen LogP contribution in [0, 0.1) is 0 Å². The average molecular weight is 243 g/mol. The molecule has 15 heavy (non-hydrogen) atoms. The molecule has 0 bridgehead atoms. The summed E-state index contributed by atoms with van der Waals surface area (Å²) < 4.78 is 37.7. The van der Waals surface area contributed by atoms with Crippen LogP contribution < -0.4 is 5.73 Å². The molecule has 1 saturated heterocycles. The fourth-order valence-electron chi connectivity index (χ4n) is 1.20. The Balaban J connectivity index is 2.50. The Morgan fingerprint density at radius 3 is 2.53 bits per heavy atom. The van der Waals surface area contributed by atoms with Gasteiger partial charge in [0.25, 0.3) is 0 Å². The average Bonchev–Trinajstić information content (AvgIpc) is 2.12. The van der Waals surface area contributed by atoms with Crippen molar-refractivity contribution in [2.24, 2.45) is 5.73 Å². The second-order valence-electron chi connectivity index (χ2n) is 3.23. The number of hydrogen-bond acceptors (Lipinski definition) is 7. The lowest BCUT2D eigenvalue weighted by atomic mass is 9.99. The van der Waals surface area contributed by atoms with Crippen LogP contribution in [0.15, 0.2) is 0 Å². The van der Waals surface area contributed by atoms with Crippen LogP contribution in [0.2, 0.25) is 0 Å². The molecule has 0 amide bonds. The first-order chi connectivity index (χ1) is 6.81. The summed E-state index contributed by atoms with van der Waals surface area (Å²) in [6.45, 7) is -0.610. The molecule has 0 radical (unpaired) electrons. The zero-order valence-electron chi connectivity index (χ0n) is 7.68. The molecule has 1 aliphatic rings. The maximum absolute atomic E-state index is 10.2. The summed E-state index contributed by atoms with van der Waals surface area (Å²) >= 11 is 0. The van der Waals surface area contributed by atoms with Gasteiger partial charge in [-0.25, -0.2) is 4.18 Å². The third kappa shape index (κ3) is 3.65. The third-order valence-corrected chi connectivity index (χ3v) is 2.49. The van der Waals surface area contributed by atoms with Crippen molar-refractivity contribution in [3.05, 3.63) is 0 Å². The van der Waals surface area contributed by atoms with E-state index in [0.29, 0.717) is 0 Å². The van der Waals surface area contributed by atoms with Gasteiger partial charge in [0.05, 0.1) is 25.4 Å². The van der Waals surface area contributed by atoms with Crippen LogP contribution in [0.25, 0.3) is 0 Å². The maximum Gasteiger partial charge on any atom is 0.397 e. The van der Waals surface area contributed by atoms with E-state index in [1.807, 2.05) is 0 Å². The topological polar surface area (TPSA) is 139 Å². The number of hydrogen-bond donors (Lipinski definition) is 4. The van der Waals surface area contributed by atoms with E-state index in [4.69, 9.17) is 15.0 Å². The van der Waals surface area contributed by atoms with Crippen molar-refractivity contribution in [1.82, 2.24) is 0 Å². The maximum atomic E-state index is 10.2. The fourth-order valence-corrected chi connectivity index (χ4v) is 1.51. The van der Waals surface area contributed by atoms with Crippen LogP contribution in [0.5, 0.6) is 0 Å². The summed E-state index contributed by atoms with van der Waals surface area (Å²) in [6.07, 6.45) is -3.61. The quantitative estimate of drug-likeness (QED) is 0.391. The second kappa shape index (κ2) is 4.70. The van der Waals surface area contributed by atoms with Gasteiger partial charge in [0.1, 0.15) is 12.2 Å². The molecule has 1 aliphatic heterocycles. The van der Waals surface area contributed by atoms with Gasteiger partial charge in [0.15, 0.2) is 0 Å². The predicted octanol–water partition coefficient (Wildman–Crippen LogP) is -2.75. The summed E-state index contributed by atoms with van der Waals surface area (Å²) in [5.74, 6) is 0. The monoisotopic (exact) mass is 243 g/mol. The first-order valence-corrected chi connectivity index (χ1v) is 5.53. The molecule has 0 aromatic rings. The number of aliphatic hydroxyl groups is 2. The van der Waals surface area contributed by atoms with Crippen LogP contribution in [-0.4, -0.2) is 60.8 Å². The second-order valence-corrected chi connectivity index (χ2v) is 4.32. The van der Waals surface area contributed by atoms with Crippen molar-refractivity contribution < 1.29 is 32.1 Å². The van der Waals surface area contributed by atoms with Crippen LogP contribution in [-0.2, 0) is 19.3 Å². The van der Waals surface area contributed by atoms with Gasteiger partial charge in [-0.3, -0.25) is 4.55 Å². The van der Waals surface area contributed by atoms with E-state index in [1.54, 1.807) is 0 Å². The molecule has 8 nitrogen and oxygen atoms in total. The zero-order chi connectivity index (χ0) is 11.6. The molecule has 0 saturated carbocycles. The van der Waals surface area contributed by atoms with Gasteiger partial charge < -0.3 is 20.7 Å². The van der Waals surface area contributed by atoms with E-state index in [2.05, 4.69) is 4.18 Å². The number of nitrogens with two attached hydrogens (primary N) is 1. The molecule has 4 atom stereocenters. The Hall–Kier alpha value is -0.290. The largest absolute Gasteiger partial charge is 0.397 e. The first-order valence-electron chi connectivity index (χ1n) is 4.16. The summed E-state index contributed by atoms with van der Waals surface area (Å²) in [4.78, 5) is 0.